The second kappa shape index (κ2) is 7.05. The second-order valence-corrected chi connectivity index (χ2v) is 7.32. The van der Waals surface area contributed by atoms with Crippen LogP contribution in [0, 0.1) is 20.8 Å². The lowest BCUT2D eigenvalue weighted by molar-refractivity contribution is 0.389. The number of benzene rings is 1. The quantitative estimate of drug-likeness (QED) is 0.869. The molecule has 2 aromatic rings. The molecule has 23 heavy (non-hydrogen) atoms. The highest BCUT2D eigenvalue weighted by atomic mass is 79.9. The van der Waals surface area contributed by atoms with Gasteiger partial charge in [0.05, 0.1) is 12.7 Å². The highest BCUT2D eigenvalue weighted by Crippen LogP contribution is 2.30. The number of rotatable bonds is 4. The molecule has 1 aliphatic heterocycles. The molecule has 2 heterocycles. The molecule has 124 valence electrons. The Bertz CT molecular complexity index is 660. The average Bonchev–Trinajstić information content (AvgIpc) is 2.90. The minimum atomic E-state index is 0.483. The summed E-state index contributed by atoms with van der Waals surface area (Å²) in [5.41, 5.74) is 4.06. The number of aromatic nitrogens is 1. The van der Waals surface area contributed by atoms with Crippen LogP contribution in [0.25, 0.3) is 0 Å². The van der Waals surface area contributed by atoms with Crippen molar-refractivity contribution in [2.24, 2.45) is 0 Å². The van der Waals surface area contributed by atoms with Crippen LogP contribution in [0.5, 0.6) is 0 Å². The molecule has 0 saturated carbocycles. The first kappa shape index (κ1) is 16.5. The topological polar surface area (TPSA) is 41.3 Å². The number of halogens is 1. The van der Waals surface area contributed by atoms with E-state index in [0.717, 1.165) is 35.8 Å². The minimum Gasteiger partial charge on any atom is -0.445 e. The zero-order valence-electron chi connectivity index (χ0n) is 14.0. The van der Waals surface area contributed by atoms with Crippen LogP contribution in [-0.2, 0) is 6.54 Å². The molecule has 1 N–H and O–H groups in total. The molecule has 1 fully saturated rings. The van der Waals surface area contributed by atoms with E-state index < -0.39 is 0 Å². The summed E-state index contributed by atoms with van der Waals surface area (Å²) >= 11 is 3.59. The van der Waals surface area contributed by atoms with Crippen molar-refractivity contribution >= 4 is 21.6 Å². The molecule has 3 rings (SSSR count). The van der Waals surface area contributed by atoms with Gasteiger partial charge in [-0.2, -0.15) is 0 Å². The molecule has 0 aliphatic carbocycles. The third kappa shape index (κ3) is 3.96. The smallest absolute Gasteiger partial charge is 0.191 e. The van der Waals surface area contributed by atoms with Crippen LogP contribution >= 0.6 is 15.9 Å². The summed E-state index contributed by atoms with van der Waals surface area (Å²) in [5, 5.41) is 3.62. The van der Waals surface area contributed by atoms with Crippen molar-refractivity contribution in [3.63, 3.8) is 0 Å². The fraction of sp³-hybridized carbons (Fsp3) is 0.500. The Morgan fingerprint density at radius 3 is 2.70 bits per heavy atom. The van der Waals surface area contributed by atoms with Crippen LogP contribution in [0.3, 0.4) is 0 Å². The SMILES string of the molecule is Cc1ncc(CNC2CCCN(c3c(C)cc(Br)cc3C)C2)o1. The molecule has 4 nitrogen and oxygen atoms in total. The van der Waals surface area contributed by atoms with Gasteiger partial charge in [0.2, 0.25) is 0 Å². The van der Waals surface area contributed by atoms with Gasteiger partial charge in [-0.3, -0.25) is 0 Å². The Morgan fingerprint density at radius 1 is 1.30 bits per heavy atom. The van der Waals surface area contributed by atoms with E-state index in [2.05, 4.69) is 57.1 Å². The lowest BCUT2D eigenvalue weighted by Crippen LogP contribution is -2.46. The van der Waals surface area contributed by atoms with Crippen molar-refractivity contribution in [1.29, 1.82) is 0 Å². The first-order valence-corrected chi connectivity index (χ1v) is 8.98. The number of hydrogen-bond donors (Lipinski definition) is 1. The molecular formula is C18H24BrN3O. The largest absolute Gasteiger partial charge is 0.445 e. The number of nitrogens with one attached hydrogen (secondary N) is 1. The van der Waals surface area contributed by atoms with Crippen molar-refractivity contribution < 1.29 is 4.42 Å². The molecule has 1 saturated heterocycles. The lowest BCUT2D eigenvalue weighted by atomic mass is 10.0. The molecule has 0 spiro atoms. The number of anilines is 1. The summed E-state index contributed by atoms with van der Waals surface area (Å²) in [6.45, 7) is 9.19. The maximum atomic E-state index is 5.55. The van der Waals surface area contributed by atoms with E-state index in [9.17, 15) is 0 Å². The van der Waals surface area contributed by atoms with Crippen molar-refractivity contribution in [3.8, 4) is 0 Å². The van der Waals surface area contributed by atoms with Gasteiger partial charge in [0.15, 0.2) is 5.89 Å². The highest BCUT2D eigenvalue weighted by Gasteiger charge is 2.22. The van der Waals surface area contributed by atoms with E-state index in [1.807, 2.05) is 13.1 Å². The molecule has 1 aromatic heterocycles. The second-order valence-electron chi connectivity index (χ2n) is 6.40. The molecule has 1 aliphatic rings. The van der Waals surface area contributed by atoms with Crippen LogP contribution in [0.4, 0.5) is 5.69 Å². The zero-order chi connectivity index (χ0) is 16.4. The van der Waals surface area contributed by atoms with Crippen LogP contribution in [0.15, 0.2) is 27.2 Å². The number of oxazole rings is 1. The van der Waals surface area contributed by atoms with Gasteiger partial charge in [0.25, 0.3) is 0 Å². The molecule has 1 aromatic carbocycles. The monoisotopic (exact) mass is 377 g/mol. The predicted octanol–water partition coefficient (Wildman–Crippen LogP) is 4.12. The van der Waals surface area contributed by atoms with Gasteiger partial charge in [-0.05, 0) is 49.9 Å². The summed E-state index contributed by atoms with van der Waals surface area (Å²) in [4.78, 5) is 6.67. The van der Waals surface area contributed by atoms with E-state index >= 15 is 0 Å². The Kier molecular flexibility index (Phi) is 5.07. The van der Waals surface area contributed by atoms with E-state index in [1.165, 1.54) is 29.7 Å². The first-order chi connectivity index (χ1) is 11.0. The lowest BCUT2D eigenvalue weighted by Gasteiger charge is -2.36. The standard InChI is InChI=1S/C18H24BrN3O/c1-12-7-15(19)8-13(2)18(12)22-6-4-5-16(11-22)21-10-17-9-20-14(3)23-17/h7-9,16,21H,4-6,10-11H2,1-3H3. The van der Waals surface area contributed by atoms with Gasteiger partial charge in [-0.1, -0.05) is 15.9 Å². The number of nitrogens with zero attached hydrogens (tertiary/aromatic N) is 2. The Morgan fingerprint density at radius 2 is 2.04 bits per heavy atom. The summed E-state index contributed by atoms with van der Waals surface area (Å²) < 4.78 is 6.70. The maximum absolute atomic E-state index is 5.55. The molecular weight excluding hydrogens is 354 g/mol. The van der Waals surface area contributed by atoms with Crippen molar-refractivity contribution in [1.82, 2.24) is 10.3 Å². The van der Waals surface area contributed by atoms with Crippen molar-refractivity contribution in [2.75, 3.05) is 18.0 Å². The molecule has 1 unspecified atom stereocenters. The first-order valence-electron chi connectivity index (χ1n) is 8.19. The number of hydrogen-bond acceptors (Lipinski definition) is 4. The molecule has 0 amide bonds. The third-order valence-corrected chi connectivity index (χ3v) is 4.89. The Balaban J connectivity index is 1.66. The predicted molar refractivity (Wildman–Crippen MR) is 96.9 cm³/mol. The van der Waals surface area contributed by atoms with E-state index in [-0.39, 0.29) is 0 Å². The van der Waals surface area contributed by atoms with Gasteiger partial charge in [-0.15, -0.1) is 0 Å². The summed E-state index contributed by atoms with van der Waals surface area (Å²) in [6, 6.07) is 4.89. The van der Waals surface area contributed by atoms with Gasteiger partial charge < -0.3 is 14.6 Å². The third-order valence-electron chi connectivity index (χ3n) is 4.43. The summed E-state index contributed by atoms with van der Waals surface area (Å²) in [6.07, 6.45) is 4.23. The van der Waals surface area contributed by atoms with E-state index in [0.29, 0.717) is 6.04 Å². The minimum absolute atomic E-state index is 0.483. The molecule has 0 bridgehead atoms. The fourth-order valence-corrected chi connectivity index (χ4v) is 4.17. The van der Waals surface area contributed by atoms with Crippen molar-refractivity contribution in [2.45, 2.75) is 46.2 Å². The van der Waals surface area contributed by atoms with Crippen LogP contribution in [-0.4, -0.2) is 24.1 Å². The van der Waals surface area contributed by atoms with Crippen molar-refractivity contribution in [3.05, 3.63) is 45.6 Å². The maximum Gasteiger partial charge on any atom is 0.191 e. The van der Waals surface area contributed by atoms with Crippen LogP contribution < -0.4 is 10.2 Å². The van der Waals surface area contributed by atoms with Gasteiger partial charge in [0.1, 0.15) is 5.76 Å². The molecule has 0 radical (unpaired) electrons. The van der Waals surface area contributed by atoms with E-state index in [1.54, 1.807) is 0 Å². The van der Waals surface area contributed by atoms with Gasteiger partial charge in [-0.25, -0.2) is 4.98 Å². The van der Waals surface area contributed by atoms with Gasteiger partial charge in [0, 0.05) is 36.2 Å². The van der Waals surface area contributed by atoms with Gasteiger partial charge >= 0.3 is 0 Å². The van der Waals surface area contributed by atoms with Crippen LogP contribution in [0.1, 0.15) is 35.6 Å². The van der Waals surface area contributed by atoms with E-state index in [4.69, 9.17) is 4.42 Å². The highest BCUT2D eigenvalue weighted by molar-refractivity contribution is 9.10. The normalized spacial score (nSPS) is 18.4. The zero-order valence-corrected chi connectivity index (χ0v) is 15.6. The fourth-order valence-electron chi connectivity index (χ4n) is 3.48. The summed E-state index contributed by atoms with van der Waals surface area (Å²) in [5.74, 6) is 1.64. The van der Waals surface area contributed by atoms with Crippen LogP contribution in [0.2, 0.25) is 0 Å². The summed E-state index contributed by atoms with van der Waals surface area (Å²) in [7, 11) is 0. The average molecular weight is 378 g/mol. The number of piperidine rings is 1. The Hall–Kier alpha value is -1.33. The Labute approximate surface area is 146 Å². The molecule has 1 atom stereocenters. The number of aryl methyl sites for hydroxylation is 3. The molecule has 5 heteroatoms.